The molecule has 2 heterocycles. The monoisotopic (exact) mass is 277 g/mol. The van der Waals surface area contributed by atoms with Gasteiger partial charge in [-0.05, 0) is 30.2 Å². The first kappa shape index (κ1) is 13.7. The molecule has 0 aliphatic heterocycles. The summed E-state index contributed by atoms with van der Waals surface area (Å²) < 4.78 is 5.25. The van der Waals surface area contributed by atoms with Crippen molar-refractivity contribution in [2.75, 3.05) is 0 Å². The molecule has 0 saturated heterocycles. The van der Waals surface area contributed by atoms with E-state index in [9.17, 15) is 4.79 Å². The molecule has 100 valence electrons. The third-order valence-corrected chi connectivity index (χ3v) is 3.54. The Hall–Kier alpha value is -1.75. The van der Waals surface area contributed by atoms with E-state index in [1.165, 1.54) is 11.8 Å². The van der Waals surface area contributed by atoms with Crippen molar-refractivity contribution in [3.05, 3.63) is 47.5 Å². The molecule has 0 atom stereocenters. The van der Waals surface area contributed by atoms with E-state index in [4.69, 9.17) is 9.52 Å². The molecule has 0 radical (unpaired) electrons. The minimum Gasteiger partial charge on any atom is -0.478 e. The second-order valence-corrected chi connectivity index (χ2v) is 5.44. The Morgan fingerprint density at radius 1 is 1.47 bits per heavy atom. The quantitative estimate of drug-likeness (QED) is 0.842. The molecule has 0 saturated carbocycles. The number of hydrogen-bond donors (Lipinski definition) is 1. The topological polar surface area (TPSA) is 63.3 Å². The van der Waals surface area contributed by atoms with Crippen LogP contribution in [0.5, 0.6) is 0 Å². The smallest absolute Gasteiger partial charge is 0.335 e. The zero-order valence-corrected chi connectivity index (χ0v) is 11.6. The predicted molar refractivity (Wildman–Crippen MR) is 73.6 cm³/mol. The Balaban J connectivity index is 2.21. The molecule has 0 amide bonds. The first-order chi connectivity index (χ1) is 9.06. The van der Waals surface area contributed by atoms with Gasteiger partial charge in [0, 0.05) is 5.69 Å². The summed E-state index contributed by atoms with van der Waals surface area (Å²) in [7, 11) is 0. The highest BCUT2D eigenvalue weighted by Crippen LogP contribution is 2.25. The van der Waals surface area contributed by atoms with Crippen LogP contribution in [-0.4, -0.2) is 16.1 Å². The molecule has 0 aromatic carbocycles. The van der Waals surface area contributed by atoms with Gasteiger partial charge in [0.1, 0.15) is 5.76 Å². The lowest BCUT2D eigenvalue weighted by Gasteiger charge is -2.08. The largest absolute Gasteiger partial charge is 0.478 e. The van der Waals surface area contributed by atoms with Crippen LogP contribution >= 0.6 is 11.8 Å². The maximum Gasteiger partial charge on any atom is 0.335 e. The van der Waals surface area contributed by atoms with Gasteiger partial charge in [-0.15, -0.1) is 0 Å². The molecule has 1 N–H and O–H groups in total. The third-order valence-electron chi connectivity index (χ3n) is 2.60. The van der Waals surface area contributed by atoms with Crippen LogP contribution in [0.15, 0.2) is 40.0 Å². The Morgan fingerprint density at radius 2 is 2.26 bits per heavy atom. The second kappa shape index (κ2) is 5.93. The standard InChI is InChI=1S/C14H15NO3S/c1-9(2)12-6-10(14(16)17)7-13(15-12)19-8-11-4-3-5-18-11/h3-7,9H,8H2,1-2H3,(H,16,17). The van der Waals surface area contributed by atoms with Gasteiger partial charge in [-0.2, -0.15) is 0 Å². The fourth-order valence-corrected chi connectivity index (χ4v) is 2.39. The van der Waals surface area contributed by atoms with Crippen LogP contribution in [0, 0.1) is 0 Å². The molecular formula is C14H15NO3S. The second-order valence-electron chi connectivity index (χ2n) is 4.45. The SMILES string of the molecule is CC(C)c1cc(C(=O)O)cc(SCc2ccco2)n1. The van der Waals surface area contributed by atoms with Crippen molar-refractivity contribution < 1.29 is 14.3 Å². The Labute approximate surface area is 115 Å². The van der Waals surface area contributed by atoms with Crippen LogP contribution in [0.4, 0.5) is 0 Å². The number of rotatable bonds is 5. The van der Waals surface area contributed by atoms with E-state index in [0.717, 1.165) is 11.5 Å². The molecule has 0 fully saturated rings. The number of furan rings is 1. The summed E-state index contributed by atoms with van der Waals surface area (Å²) in [5.41, 5.74) is 1.07. The van der Waals surface area contributed by atoms with Crippen molar-refractivity contribution in [2.24, 2.45) is 0 Å². The summed E-state index contributed by atoms with van der Waals surface area (Å²) in [6.07, 6.45) is 1.62. The molecule has 0 aliphatic rings. The highest BCUT2D eigenvalue weighted by molar-refractivity contribution is 7.98. The zero-order valence-electron chi connectivity index (χ0n) is 10.8. The summed E-state index contributed by atoms with van der Waals surface area (Å²) in [4.78, 5) is 15.6. The van der Waals surface area contributed by atoms with E-state index in [1.807, 2.05) is 26.0 Å². The lowest BCUT2D eigenvalue weighted by Crippen LogP contribution is -2.02. The van der Waals surface area contributed by atoms with Gasteiger partial charge in [0.2, 0.25) is 0 Å². The van der Waals surface area contributed by atoms with Gasteiger partial charge in [-0.25, -0.2) is 9.78 Å². The maximum atomic E-state index is 11.1. The molecule has 0 bridgehead atoms. The fourth-order valence-electron chi connectivity index (χ4n) is 1.56. The van der Waals surface area contributed by atoms with E-state index >= 15 is 0 Å². The number of nitrogens with zero attached hydrogens (tertiary/aromatic N) is 1. The molecule has 4 nitrogen and oxygen atoms in total. The summed E-state index contributed by atoms with van der Waals surface area (Å²) in [5, 5.41) is 9.82. The average molecular weight is 277 g/mol. The van der Waals surface area contributed by atoms with Crippen molar-refractivity contribution in [1.29, 1.82) is 0 Å². The van der Waals surface area contributed by atoms with Gasteiger partial charge in [0.15, 0.2) is 0 Å². The minimum atomic E-state index is -0.927. The van der Waals surface area contributed by atoms with E-state index in [1.54, 1.807) is 18.4 Å². The van der Waals surface area contributed by atoms with E-state index < -0.39 is 5.97 Å². The van der Waals surface area contributed by atoms with Gasteiger partial charge < -0.3 is 9.52 Å². The lowest BCUT2D eigenvalue weighted by molar-refractivity contribution is 0.0696. The number of carbonyl (C=O) groups is 1. The predicted octanol–water partition coefficient (Wildman–Crippen LogP) is 3.79. The van der Waals surface area contributed by atoms with Gasteiger partial charge in [-0.1, -0.05) is 25.6 Å². The Morgan fingerprint density at radius 3 is 2.84 bits per heavy atom. The number of hydrogen-bond acceptors (Lipinski definition) is 4. The highest BCUT2D eigenvalue weighted by Gasteiger charge is 2.11. The van der Waals surface area contributed by atoms with Crippen LogP contribution in [-0.2, 0) is 5.75 Å². The molecule has 0 aliphatic carbocycles. The molecule has 0 unspecified atom stereocenters. The molecule has 2 aromatic rings. The lowest BCUT2D eigenvalue weighted by atomic mass is 10.1. The summed E-state index contributed by atoms with van der Waals surface area (Å²) in [6.45, 7) is 3.99. The van der Waals surface area contributed by atoms with Crippen molar-refractivity contribution >= 4 is 17.7 Å². The van der Waals surface area contributed by atoms with Gasteiger partial charge in [0.25, 0.3) is 0 Å². The normalized spacial score (nSPS) is 10.9. The highest BCUT2D eigenvalue weighted by atomic mass is 32.2. The third kappa shape index (κ3) is 3.61. The number of thioether (sulfide) groups is 1. The number of carboxylic acid groups (broad SMARTS) is 1. The minimum absolute atomic E-state index is 0.197. The summed E-state index contributed by atoms with van der Waals surface area (Å²) in [6, 6.07) is 6.94. The summed E-state index contributed by atoms with van der Waals surface area (Å²) in [5.74, 6) is 0.755. The molecular weight excluding hydrogens is 262 g/mol. The molecule has 2 aromatic heterocycles. The van der Waals surface area contributed by atoms with Crippen molar-refractivity contribution in [2.45, 2.75) is 30.5 Å². The first-order valence-corrected chi connectivity index (χ1v) is 6.95. The van der Waals surface area contributed by atoms with Crippen molar-refractivity contribution in [3.63, 3.8) is 0 Å². The number of pyridine rings is 1. The molecule has 0 spiro atoms. The van der Waals surface area contributed by atoms with Crippen LogP contribution in [0.25, 0.3) is 0 Å². The van der Waals surface area contributed by atoms with Gasteiger partial charge >= 0.3 is 5.97 Å². The molecule has 2 rings (SSSR count). The van der Waals surface area contributed by atoms with E-state index in [-0.39, 0.29) is 11.5 Å². The molecule has 19 heavy (non-hydrogen) atoms. The summed E-state index contributed by atoms with van der Waals surface area (Å²) >= 11 is 1.47. The van der Waals surface area contributed by atoms with Crippen LogP contribution in [0.2, 0.25) is 0 Å². The fraction of sp³-hybridized carbons (Fsp3) is 0.286. The van der Waals surface area contributed by atoms with E-state index in [0.29, 0.717) is 10.8 Å². The number of aromatic nitrogens is 1. The van der Waals surface area contributed by atoms with Gasteiger partial charge in [-0.3, -0.25) is 0 Å². The zero-order chi connectivity index (χ0) is 13.8. The van der Waals surface area contributed by atoms with Crippen molar-refractivity contribution in [3.8, 4) is 0 Å². The van der Waals surface area contributed by atoms with Gasteiger partial charge in [0.05, 0.1) is 22.6 Å². The van der Waals surface area contributed by atoms with Crippen LogP contribution < -0.4 is 0 Å². The van der Waals surface area contributed by atoms with Crippen LogP contribution in [0.1, 0.15) is 41.6 Å². The first-order valence-electron chi connectivity index (χ1n) is 5.96. The molecule has 5 heteroatoms. The number of aromatic carboxylic acids is 1. The Kier molecular flexibility index (Phi) is 4.27. The average Bonchev–Trinajstić information content (AvgIpc) is 2.89. The Bertz CT molecular complexity index is 564. The van der Waals surface area contributed by atoms with E-state index in [2.05, 4.69) is 4.98 Å². The van der Waals surface area contributed by atoms with Crippen LogP contribution in [0.3, 0.4) is 0 Å². The van der Waals surface area contributed by atoms with Crippen molar-refractivity contribution in [1.82, 2.24) is 4.98 Å². The number of carboxylic acids is 1. The maximum absolute atomic E-state index is 11.1.